The number of hydrazine groups is 1. The minimum atomic E-state index is 0.346. The minimum absolute atomic E-state index is 0.346. The summed E-state index contributed by atoms with van der Waals surface area (Å²) in [6, 6.07) is 6.04. The van der Waals surface area contributed by atoms with E-state index in [0.29, 0.717) is 5.17 Å². The maximum absolute atomic E-state index is 7.61. The van der Waals surface area contributed by atoms with E-state index in [1.165, 1.54) is 16.8 Å². The first-order valence-electron chi connectivity index (χ1n) is 4.31. The van der Waals surface area contributed by atoms with E-state index in [1.54, 1.807) is 0 Å². The number of nitrogens with zero attached hydrogens (tertiary/aromatic N) is 1. The van der Waals surface area contributed by atoms with Crippen molar-refractivity contribution in [1.29, 1.82) is 5.41 Å². The number of rotatable bonds is 1. The van der Waals surface area contributed by atoms with Crippen molar-refractivity contribution in [2.75, 3.05) is 11.3 Å². The third-order valence-electron chi connectivity index (χ3n) is 2.04. The molecule has 4 heteroatoms. The smallest absolute Gasteiger partial charge is 0.175 e. The number of hydrogen-bond donors (Lipinski definition) is 2. The Morgan fingerprint density at radius 3 is 2.64 bits per heavy atom. The van der Waals surface area contributed by atoms with Crippen LogP contribution in [0, 0.1) is 19.3 Å². The van der Waals surface area contributed by atoms with Gasteiger partial charge in [0.15, 0.2) is 5.17 Å². The van der Waals surface area contributed by atoms with Gasteiger partial charge in [-0.2, -0.15) is 0 Å². The Labute approximate surface area is 88.8 Å². The minimum Gasteiger partial charge on any atom is -0.277 e. The van der Waals surface area contributed by atoms with Crippen LogP contribution in [-0.4, -0.2) is 11.4 Å². The molecule has 0 radical (unpaired) electrons. The highest BCUT2D eigenvalue weighted by Gasteiger charge is 2.09. The van der Waals surface area contributed by atoms with E-state index < -0.39 is 0 Å². The van der Waals surface area contributed by atoms with Gasteiger partial charge in [0.05, 0.1) is 5.69 Å². The molecular weight excluding hydrogens is 194 g/mol. The van der Waals surface area contributed by atoms with Crippen LogP contribution >= 0.6 is 11.8 Å². The molecule has 1 aromatic carbocycles. The first-order valence-corrected chi connectivity index (χ1v) is 5.53. The Hall–Kier alpha value is -1.00. The molecule has 14 heavy (non-hydrogen) atoms. The summed E-state index contributed by atoms with van der Waals surface area (Å²) in [7, 11) is 0. The lowest BCUT2D eigenvalue weighted by molar-refractivity contribution is 1.11. The lowest BCUT2D eigenvalue weighted by Crippen LogP contribution is -2.35. The zero-order chi connectivity index (χ0) is 10.7. The highest BCUT2D eigenvalue weighted by Crippen LogP contribution is 2.20. The van der Waals surface area contributed by atoms with Gasteiger partial charge in [-0.05, 0) is 37.3 Å². The van der Waals surface area contributed by atoms with E-state index in [4.69, 9.17) is 11.3 Å². The average molecular weight is 209 g/mol. The molecule has 0 atom stereocenters. The molecule has 3 nitrogen and oxygen atoms in total. The number of hydrogen-bond acceptors (Lipinski definition) is 3. The van der Waals surface area contributed by atoms with Gasteiger partial charge in [-0.3, -0.25) is 10.4 Å². The van der Waals surface area contributed by atoms with Gasteiger partial charge in [0.25, 0.3) is 0 Å². The fraction of sp³-hybridized carbons (Fsp3) is 0.300. The maximum Gasteiger partial charge on any atom is 0.175 e. The topological polar surface area (TPSA) is 53.1 Å². The number of aryl methyl sites for hydroxylation is 2. The summed E-state index contributed by atoms with van der Waals surface area (Å²) in [5, 5.41) is 9.37. The van der Waals surface area contributed by atoms with E-state index in [0.717, 1.165) is 16.8 Å². The molecule has 0 unspecified atom stereocenters. The predicted octanol–water partition coefficient (Wildman–Crippen LogP) is 2.28. The molecule has 0 aromatic heterocycles. The Bertz CT molecular complexity index is 349. The Balaban J connectivity index is 3.05. The second-order valence-electron chi connectivity index (χ2n) is 3.17. The lowest BCUT2D eigenvalue weighted by Gasteiger charge is -2.20. The van der Waals surface area contributed by atoms with Gasteiger partial charge >= 0.3 is 0 Å². The van der Waals surface area contributed by atoms with Crippen LogP contribution in [0.2, 0.25) is 0 Å². The van der Waals surface area contributed by atoms with Crippen molar-refractivity contribution < 1.29 is 0 Å². The summed E-state index contributed by atoms with van der Waals surface area (Å²) >= 11 is 1.33. The van der Waals surface area contributed by atoms with Crippen LogP contribution < -0.4 is 10.9 Å². The van der Waals surface area contributed by atoms with Gasteiger partial charge in [-0.15, -0.1) is 0 Å². The van der Waals surface area contributed by atoms with Gasteiger partial charge in [0.1, 0.15) is 0 Å². The molecule has 0 spiro atoms. The van der Waals surface area contributed by atoms with Crippen molar-refractivity contribution in [2.24, 2.45) is 5.84 Å². The molecule has 0 heterocycles. The fourth-order valence-electron chi connectivity index (χ4n) is 1.19. The van der Waals surface area contributed by atoms with Crippen molar-refractivity contribution >= 4 is 22.6 Å². The van der Waals surface area contributed by atoms with Crippen LogP contribution in [0.4, 0.5) is 5.69 Å². The number of benzene rings is 1. The highest BCUT2D eigenvalue weighted by molar-refractivity contribution is 8.13. The lowest BCUT2D eigenvalue weighted by atomic mass is 10.1. The number of nitrogens with one attached hydrogen (secondary N) is 1. The normalized spacial score (nSPS) is 10.0. The summed E-state index contributed by atoms with van der Waals surface area (Å²) in [5.41, 5.74) is 3.12. The second kappa shape index (κ2) is 4.48. The van der Waals surface area contributed by atoms with E-state index in [9.17, 15) is 0 Å². The van der Waals surface area contributed by atoms with E-state index in [2.05, 4.69) is 0 Å². The highest BCUT2D eigenvalue weighted by atomic mass is 32.2. The molecule has 0 bridgehead atoms. The molecule has 1 aromatic rings. The zero-order valence-corrected chi connectivity index (χ0v) is 9.48. The van der Waals surface area contributed by atoms with Crippen molar-refractivity contribution in [1.82, 2.24) is 0 Å². The molecule has 0 aliphatic heterocycles. The molecule has 1 rings (SSSR count). The summed E-state index contributed by atoms with van der Waals surface area (Å²) in [5.74, 6) is 5.81. The van der Waals surface area contributed by atoms with Gasteiger partial charge in [-0.1, -0.05) is 23.9 Å². The quantitative estimate of drug-likeness (QED) is 0.323. The van der Waals surface area contributed by atoms with Crippen molar-refractivity contribution in [3.63, 3.8) is 0 Å². The van der Waals surface area contributed by atoms with Crippen LogP contribution in [0.25, 0.3) is 0 Å². The number of nitrogens with two attached hydrogens (primary N) is 1. The number of amidine groups is 1. The average Bonchev–Trinajstić information content (AvgIpc) is 2.19. The number of thioether (sulfide) groups is 1. The van der Waals surface area contributed by atoms with E-state index >= 15 is 0 Å². The molecule has 0 aliphatic rings. The van der Waals surface area contributed by atoms with Gasteiger partial charge in [-0.25, -0.2) is 5.84 Å². The molecule has 0 saturated heterocycles. The maximum atomic E-state index is 7.61. The zero-order valence-electron chi connectivity index (χ0n) is 8.66. The second-order valence-corrected chi connectivity index (χ2v) is 3.96. The molecule has 76 valence electrons. The molecular formula is C10H15N3S. The van der Waals surface area contributed by atoms with E-state index in [1.807, 2.05) is 38.3 Å². The van der Waals surface area contributed by atoms with Crippen LogP contribution in [-0.2, 0) is 0 Å². The molecule has 0 aliphatic carbocycles. The van der Waals surface area contributed by atoms with Crippen molar-refractivity contribution in [3.8, 4) is 0 Å². The summed E-state index contributed by atoms with van der Waals surface area (Å²) in [6.45, 7) is 4.00. The third-order valence-corrected chi connectivity index (χ3v) is 2.62. The predicted molar refractivity (Wildman–Crippen MR) is 63.8 cm³/mol. The van der Waals surface area contributed by atoms with Gasteiger partial charge in [0, 0.05) is 0 Å². The third kappa shape index (κ3) is 2.27. The summed E-state index contributed by atoms with van der Waals surface area (Å²) in [6.07, 6.45) is 1.84. The first-order chi connectivity index (χ1) is 6.56. The van der Waals surface area contributed by atoms with Gasteiger partial charge in [0.2, 0.25) is 0 Å². The molecule has 0 saturated carbocycles. The van der Waals surface area contributed by atoms with Crippen LogP contribution in [0.15, 0.2) is 18.2 Å². The largest absolute Gasteiger partial charge is 0.277 e. The summed E-state index contributed by atoms with van der Waals surface area (Å²) < 4.78 is 0. The van der Waals surface area contributed by atoms with Crippen molar-refractivity contribution in [2.45, 2.75) is 13.8 Å². The first kappa shape index (κ1) is 11.1. The van der Waals surface area contributed by atoms with Crippen LogP contribution in [0.3, 0.4) is 0 Å². The Kier molecular flexibility index (Phi) is 3.55. The number of anilines is 1. The van der Waals surface area contributed by atoms with E-state index in [-0.39, 0.29) is 0 Å². The molecule has 0 fully saturated rings. The van der Waals surface area contributed by atoms with Gasteiger partial charge < -0.3 is 0 Å². The van der Waals surface area contributed by atoms with Crippen molar-refractivity contribution in [3.05, 3.63) is 29.3 Å². The Morgan fingerprint density at radius 1 is 1.43 bits per heavy atom. The van der Waals surface area contributed by atoms with Crippen LogP contribution in [0.5, 0.6) is 0 Å². The molecule has 3 N–H and O–H groups in total. The Morgan fingerprint density at radius 2 is 2.07 bits per heavy atom. The SMILES string of the molecule is CSC(=N)N(N)c1cc(C)ccc1C. The molecule has 0 amide bonds. The fourth-order valence-corrected chi connectivity index (χ4v) is 1.48. The van der Waals surface area contributed by atoms with Crippen LogP contribution in [0.1, 0.15) is 11.1 Å². The standard InChI is InChI=1S/C10H15N3S/c1-7-4-5-8(2)9(6-7)13(12)10(11)14-3/h4-6,11H,12H2,1-3H3. The summed E-state index contributed by atoms with van der Waals surface area (Å²) in [4.78, 5) is 0. The monoisotopic (exact) mass is 209 g/mol.